The predicted octanol–water partition coefficient (Wildman–Crippen LogP) is 2.78. The summed E-state index contributed by atoms with van der Waals surface area (Å²) >= 11 is 0. The number of benzene rings is 1. The van der Waals surface area contributed by atoms with Gasteiger partial charge in [0.15, 0.2) is 5.69 Å². The third-order valence-corrected chi connectivity index (χ3v) is 7.99. The standard InChI is InChI=1S/C24H27N5O5S/c1-3-9-28-21-8-7-18(35(31,32)27-10-12-33-13-11-27)14-19(21)25-23(28)16-34-24(30)20-15-29-17(2)5-4-6-22(29)26-20/h4-8,14-15H,3,9-13,16H2,1-2H3. The second-order valence-corrected chi connectivity index (χ2v) is 10.4. The van der Waals surface area contributed by atoms with Gasteiger partial charge in [-0.3, -0.25) is 0 Å². The highest BCUT2D eigenvalue weighted by Gasteiger charge is 2.27. The number of fused-ring (bicyclic) bond motifs is 2. The lowest BCUT2D eigenvalue weighted by molar-refractivity contribution is 0.0452. The Morgan fingerprint density at radius 2 is 1.94 bits per heavy atom. The van der Waals surface area contributed by atoms with Crippen LogP contribution in [-0.4, -0.2) is 63.9 Å². The highest BCUT2D eigenvalue weighted by molar-refractivity contribution is 7.89. The maximum Gasteiger partial charge on any atom is 0.359 e. The summed E-state index contributed by atoms with van der Waals surface area (Å²) < 4.78 is 42.2. The fraction of sp³-hybridized carbons (Fsp3) is 0.375. The van der Waals surface area contributed by atoms with Crippen molar-refractivity contribution >= 4 is 32.7 Å². The summed E-state index contributed by atoms with van der Waals surface area (Å²) in [5, 5.41) is 0. The quantitative estimate of drug-likeness (QED) is 0.361. The minimum atomic E-state index is -3.64. The van der Waals surface area contributed by atoms with Gasteiger partial charge in [-0.2, -0.15) is 4.31 Å². The molecule has 4 heterocycles. The predicted molar refractivity (Wildman–Crippen MR) is 129 cm³/mol. The largest absolute Gasteiger partial charge is 0.453 e. The Morgan fingerprint density at radius 3 is 2.69 bits per heavy atom. The Labute approximate surface area is 203 Å². The van der Waals surface area contributed by atoms with Gasteiger partial charge in [0.05, 0.1) is 29.1 Å². The molecule has 1 aliphatic rings. The van der Waals surface area contributed by atoms with Crippen molar-refractivity contribution in [3.8, 4) is 0 Å². The van der Waals surface area contributed by atoms with Crippen LogP contribution in [0.1, 0.15) is 35.4 Å². The van der Waals surface area contributed by atoms with Crippen LogP contribution in [0.15, 0.2) is 47.5 Å². The van der Waals surface area contributed by atoms with Crippen molar-refractivity contribution in [1.29, 1.82) is 0 Å². The maximum absolute atomic E-state index is 13.1. The third-order valence-electron chi connectivity index (χ3n) is 6.09. The highest BCUT2D eigenvalue weighted by Crippen LogP contribution is 2.24. The summed E-state index contributed by atoms with van der Waals surface area (Å²) in [4.78, 5) is 21.9. The van der Waals surface area contributed by atoms with E-state index >= 15 is 0 Å². The molecule has 184 valence electrons. The van der Waals surface area contributed by atoms with Gasteiger partial charge >= 0.3 is 5.97 Å². The van der Waals surface area contributed by atoms with Crippen molar-refractivity contribution in [2.45, 2.75) is 38.3 Å². The Balaban J connectivity index is 1.41. The van der Waals surface area contributed by atoms with E-state index < -0.39 is 16.0 Å². The molecule has 35 heavy (non-hydrogen) atoms. The molecule has 0 atom stereocenters. The minimum absolute atomic E-state index is 0.0497. The molecule has 0 N–H and O–H groups in total. The van der Waals surface area contributed by atoms with Gasteiger partial charge in [0.2, 0.25) is 10.0 Å². The molecule has 1 fully saturated rings. The molecule has 10 nitrogen and oxygen atoms in total. The van der Waals surface area contributed by atoms with E-state index in [4.69, 9.17) is 9.47 Å². The first-order chi connectivity index (χ1) is 16.9. The highest BCUT2D eigenvalue weighted by atomic mass is 32.2. The topological polar surface area (TPSA) is 108 Å². The number of aryl methyl sites for hydroxylation is 2. The zero-order chi connectivity index (χ0) is 24.6. The summed E-state index contributed by atoms with van der Waals surface area (Å²) in [6, 6.07) is 10.6. The van der Waals surface area contributed by atoms with Gasteiger partial charge in [-0.25, -0.2) is 23.2 Å². The smallest absolute Gasteiger partial charge is 0.359 e. The zero-order valence-corrected chi connectivity index (χ0v) is 20.5. The average molecular weight is 498 g/mol. The van der Waals surface area contributed by atoms with Gasteiger partial charge in [0.1, 0.15) is 18.1 Å². The molecule has 5 rings (SSSR count). The van der Waals surface area contributed by atoms with Crippen molar-refractivity contribution < 1.29 is 22.7 Å². The summed E-state index contributed by atoms with van der Waals surface area (Å²) in [5.74, 6) is 0.00912. The summed E-state index contributed by atoms with van der Waals surface area (Å²) in [6.45, 7) is 6.01. The van der Waals surface area contributed by atoms with E-state index in [9.17, 15) is 13.2 Å². The number of morpholine rings is 1. The average Bonchev–Trinajstić information content (AvgIpc) is 3.46. The molecule has 0 saturated carbocycles. The molecule has 0 aliphatic carbocycles. The van der Waals surface area contributed by atoms with Crippen LogP contribution in [0.5, 0.6) is 0 Å². The van der Waals surface area contributed by atoms with Crippen LogP contribution in [0.25, 0.3) is 16.7 Å². The van der Waals surface area contributed by atoms with Crippen molar-refractivity contribution in [2.75, 3.05) is 26.3 Å². The molecule has 11 heteroatoms. The van der Waals surface area contributed by atoms with E-state index in [0.717, 1.165) is 17.6 Å². The number of esters is 1. The first-order valence-electron chi connectivity index (χ1n) is 11.6. The monoisotopic (exact) mass is 497 g/mol. The van der Waals surface area contributed by atoms with E-state index in [1.54, 1.807) is 24.4 Å². The number of carbonyl (C=O) groups is 1. The lowest BCUT2D eigenvalue weighted by atomic mass is 10.3. The van der Waals surface area contributed by atoms with Gasteiger partial charge in [-0.15, -0.1) is 0 Å². The van der Waals surface area contributed by atoms with E-state index in [2.05, 4.69) is 9.97 Å². The van der Waals surface area contributed by atoms with Crippen LogP contribution >= 0.6 is 0 Å². The molecule has 1 aliphatic heterocycles. The first kappa shape index (κ1) is 23.5. The normalized spacial score (nSPS) is 15.1. The van der Waals surface area contributed by atoms with Crippen LogP contribution in [-0.2, 0) is 32.6 Å². The molecule has 0 radical (unpaired) electrons. The molecule has 4 aromatic rings. The summed E-state index contributed by atoms with van der Waals surface area (Å²) in [7, 11) is -3.64. The van der Waals surface area contributed by atoms with E-state index in [0.29, 0.717) is 49.8 Å². The fourth-order valence-corrected chi connectivity index (χ4v) is 5.72. The van der Waals surface area contributed by atoms with Gasteiger partial charge < -0.3 is 18.4 Å². The number of imidazole rings is 2. The first-order valence-corrected chi connectivity index (χ1v) is 13.0. The van der Waals surface area contributed by atoms with Gasteiger partial charge in [0.25, 0.3) is 0 Å². The number of pyridine rings is 1. The molecular weight excluding hydrogens is 470 g/mol. The molecule has 1 aromatic carbocycles. The third kappa shape index (κ3) is 4.42. The molecule has 3 aromatic heterocycles. The molecule has 0 spiro atoms. The molecule has 0 amide bonds. The number of hydrogen-bond acceptors (Lipinski definition) is 7. The molecule has 0 bridgehead atoms. The SMILES string of the molecule is CCCn1c(COC(=O)c2cn3c(C)cccc3n2)nc2cc(S(=O)(=O)N3CCOCC3)ccc21. The summed E-state index contributed by atoms with van der Waals surface area (Å²) in [5.41, 5.74) is 3.19. The number of rotatable bonds is 7. The molecule has 0 unspecified atom stereocenters. The Morgan fingerprint density at radius 1 is 1.14 bits per heavy atom. The Hall–Kier alpha value is -3.28. The lowest BCUT2D eigenvalue weighted by Crippen LogP contribution is -2.40. The molecule has 1 saturated heterocycles. The number of carbonyl (C=O) groups excluding carboxylic acids is 1. The second-order valence-electron chi connectivity index (χ2n) is 8.44. The lowest BCUT2D eigenvalue weighted by Gasteiger charge is -2.26. The summed E-state index contributed by atoms with van der Waals surface area (Å²) in [6.07, 6.45) is 2.50. The second kappa shape index (κ2) is 9.40. The van der Waals surface area contributed by atoms with Crippen LogP contribution in [0.3, 0.4) is 0 Å². The van der Waals surface area contributed by atoms with Crippen LogP contribution in [0.2, 0.25) is 0 Å². The minimum Gasteiger partial charge on any atom is -0.453 e. The van der Waals surface area contributed by atoms with Crippen LogP contribution in [0.4, 0.5) is 0 Å². The van der Waals surface area contributed by atoms with E-state index in [1.165, 1.54) is 4.31 Å². The van der Waals surface area contributed by atoms with Crippen LogP contribution < -0.4 is 0 Å². The van der Waals surface area contributed by atoms with Gasteiger partial charge in [-0.05, 0) is 43.7 Å². The van der Waals surface area contributed by atoms with E-state index in [-0.39, 0.29) is 17.2 Å². The maximum atomic E-state index is 13.1. The van der Waals surface area contributed by atoms with Crippen LogP contribution in [0, 0.1) is 6.92 Å². The number of hydrogen-bond donors (Lipinski definition) is 0. The zero-order valence-electron chi connectivity index (χ0n) is 19.7. The number of nitrogens with zero attached hydrogens (tertiary/aromatic N) is 5. The van der Waals surface area contributed by atoms with Crippen molar-refractivity contribution in [1.82, 2.24) is 23.2 Å². The number of sulfonamides is 1. The fourth-order valence-electron chi connectivity index (χ4n) is 4.29. The van der Waals surface area contributed by atoms with Gasteiger partial charge in [-0.1, -0.05) is 13.0 Å². The van der Waals surface area contributed by atoms with Gasteiger partial charge in [0, 0.05) is 31.5 Å². The number of aromatic nitrogens is 4. The van der Waals surface area contributed by atoms with Crippen molar-refractivity contribution in [3.63, 3.8) is 0 Å². The van der Waals surface area contributed by atoms with E-state index in [1.807, 2.05) is 41.0 Å². The van der Waals surface area contributed by atoms with Crippen molar-refractivity contribution in [2.24, 2.45) is 0 Å². The Kier molecular flexibility index (Phi) is 6.30. The number of ether oxygens (including phenoxy) is 2. The Bertz CT molecular complexity index is 1500. The molecular formula is C24H27N5O5S. The van der Waals surface area contributed by atoms with Crippen molar-refractivity contribution in [3.05, 3.63) is 59.8 Å².